The Morgan fingerprint density at radius 2 is 1.95 bits per heavy atom. The van der Waals surface area contributed by atoms with Crippen LogP contribution in [0.25, 0.3) is 0 Å². The van der Waals surface area contributed by atoms with Crippen molar-refractivity contribution in [2.24, 2.45) is 5.92 Å². The standard InChI is InChI=1S/C19H27NO2/c1-5-9-15(2)19(21)14-20-16(3)12-13-17(4)22-18-10-7-6-8-11-18/h6-8,10-13,15,19-21H,3-5,9,14H2,1-2H3/b13-12-. The summed E-state index contributed by atoms with van der Waals surface area (Å²) in [6.07, 6.45) is 5.28. The molecule has 1 aromatic rings. The van der Waals surface area contributed by atoms with E-state index in [1.54, 1.807) is 12.2 Å². The molecular formula is C19H27NO2. The summed E-state index contributed by atoms with van der Waals surface area (Å²) in [5.41, 5.74) is 0.723. The molecule has 0 fully saturated rings. The second-order valence-corrected chi connectivity index (χ2v) is 5.45. The van der Waals surface area contributed by atoms with E-state index in [4.69, 9.17) is 4.74 Å². The van der Waals surface area contributed by atoms with Gasteiger partial charge in [-0.1, -0.05) is 51.6 Å². The lowest BCUT2D eigenvalue weighted by atomic mass is 9.99. The fourth-order valence-electron chi connectivity index (χ4n) is 2.01. The summed E-state index contributed by atoms with van der Waals surface area (Å²) < 4.78 is 5.56. The molecule has 0 bridgehead atoms. The maximum Gasteiger partial charge on any atom is 0.127 e. The van der Waals surface area contributed by atoms with Gasteiger partial charge in [-0.3, -0.25) is 0 Å². The van der Waals surface area contributed by atoms with Gasteiger partial charge in [0.2, 0.25) is 0 Å². The minimum Gasteiger partial charge on any atom is -0.458 e. The van der Waals surface area contributed by atoms with E-state index in [0.29, 0.717) is 12.3 Å². The number of aliphatic hydroxyl groups excluding tert-OH is 1. The van der Waals surface area contributed by atoms with Gasteiger partial charge in [0.1, 0.15) is 11.5 Å². The van der Waals surface area contributed by atoms with Crippen molar-refractivity contribution in [2.75, 3.05) is 6.54 Å². The molecule has 120 valence electrons. The van der Waals surface area contributed by atoms with E-state index < -0.39 is 0 Å². The van der Waals surface area contributed by atoms with Crippen molar-refractivity contribution in [3.05, 3.63) is 67.1 Å². The van der Waals surface area contributed by atoms with E-state index in [0.717, 1.165) is 24.3 Å². The summed E-state index contributed by atoms with van der Waals surface area (Å²) in [5, 5.41) is 13.1. The number of nitrogens with one attached hydrogen (secondary N) is 1. The Morgan fingerprint density at radius 3 is 2.59 bits per heavy atom. The Morgan fingerprint density at radius 1 is 1.27 bits per heavy atom. The minimum atomic E-state index is -0.367. The molecule has 0 heterocycles. The van der Waals surface area contributed by atoms with E-state index >= 15 is 0 Å². The average molecular weight is 301 g/mol. The summed E-state index contributed by atoms with van der Waals surface area (Å²) in [6.45, 7) is 12.4. The quantitative estimate of drug-likeness (QED) is 0.506. The van der Waals surface area contributed by atoms with E-state index in [1.165, 1.54) is 0 Å². The van der Waals surface area contributed by atoms with Gasteiger partial charge in [-0.05, 0) is 36.6 Å². The summed E-state index contributed by atoms with van der Waals surface area (Å²) in [5.74, 6) is 1.57. The van der Waals surface area contributed by atoms with E-state index in [2.05, 4.69) is 32.3 Å². The van der Waals surface area contributed by atoms with Crippen LogP contribution in [0, 0.1) is 5.92 Å². The number of hydrogen-bond acceptors (Lipinski definition) is 3. The molecule has 0 amide bonds. The van der Waals surface area contributed by atoms with Crippen LogP contribution in [0.4, 0.5) is 0 Å². The Labute approximate surface area is 134 Å². The van der Waals surface area contributed by atoms with Crippen LogP contribution in [0.1, 0.15) is 26.7 Å². The van der Waals surface area contributed by atoms with Crippen molar-refractivity contribution < 1.29 is 9.84 Å². The van der Waals surface area contributed by atoms with Gasteiger partial charge in [0.05, 0.1) is 6.10 Å². The van der Waals surface area contributed by atoms with Crippen LogP contribution < -0.4 is 10.1 Å². The van der Waals surface area contributed by atoms with Gasteiger partial charge in [-0.25, -0.2) is 0 Å². The predicted molar refractivity (Wildman–Crippen MR) is 92.6 cm³/mol. The maximum atomic E-state index is 10.00. The van der Waals surface area contributed by atoms with Crippen LogP contribution in [-0.2, 0) is 0 Å². The number of aliphatic hydroxyl groups is 1. The largest absolute Gasteiger partial charge is 0.458 e. The number of rotatable bonds is 10. The molecule has 22 heavy (non-hydrogen) atoms. The summed E-state index contributed by atoms with van der Waals surface area (Å²) in [7, 11) is 0. The molecule has 0 saturated heterocycles. The van der Waals surface area contributed by atoms with Gasteiger partial charge in [0, 0.05) is 12.2 Å². The van der Waals surface area contributed by atoms with Crippen molar-refractivity contribution in [3.63, 3.8) is 0 Å². The lowest BCUT2D eigenvalue weighted by Gasteiger charge is -2.19. The summed E-state index contributed by atoms with van der Waals surface area (Å²) in [4.78, 5) is 0. The molecule has 0 aromatic heterocycles. The molecule has 0 saturated carbocycles. The first-order valence-corrected chi connectivity index (χ1v) is 7.73. The molecule has 0 spiro atoms. The first-order chi connectivity index (χ1) is 10.5. The second kappa shape index (κ2) is 9.85. The van der Waals surface area contributed by atoms with Crippen molar-refractivity contribution in [1.82, 2.24) is 5.32 Å². The number of benzene rings is 1. The molecule has 1 rings (SSSR count). The molecule has 0 aliphatic heterocycles. The normalized spacial score (nSPS) is 13.6. The molecule has 2 N–H and O–H groups in total. The van der Waals surface area contributed by atoms with Crippen LogP contribution in [0.2, 0.25) is 0 Å². The third-order valence-electron chi connectivity index (χ3n) is 3.40. The molecule has 3 nitrogen and oxygen atoms in total. The molecule has 2 atom stereocenters. The first kappa shape index (κ1) is 18.1. The van der Waals surface area contributed by atoms with E-state index in [1.807, 2.05) is 30.3 Å². The number of ether oxygens (including phenoxy) is 1. The molecule has 1 aromatic carbocycles. The highest BCUT2D eigenvalue weighted by Gasteiger charge is 2.12. The predicted octanol–water partition coefficient (Wildman–Crippen LogP) is 4.04. The van der Waals surface area contributed by atoms with Gasteiger partial charge in [-0.15, -0.1) is 0 Å². The van der Waals surface area contributed by atoms with Crippen molar-refractivity contribution >= 4 is 0 Å². The molecule has 2 unspecified atom stereocenters. The van der Waals surface area contributed by atoms with E-state index in [9.17, 15) is 5.11 Å². The average Bonchev–Trinajstić information content (AvgIpc) is 2.51. The van der Waals surface area contributed by atoms with Crippen LogP contribution in [0.5, 0.6) is 5.75 Å². The summed E-state index contributed by atoms with van der Waals surface area (Å²) >= 11 is 0. The smallest absolute Gasteiger partial charge is 0.127 e. The lowest BCUT2D eigenvalue weighted by molar-refractivity contribution is 0.113. The van der Waals surface area contributed by atoms with Gasteiger partial charge >= 0.3 is 0 Å². The van der Waals surface area contributed by atoms with Gasteiger partial charge < -0.3 is 15.2 Å². The van der Waals surface area contributed by atoms with Crippen molar-refractivity contribution in [3.8, 4) is 5.75 Å². The lowest BCUT2D eigenvalue weighted by Crippen LogP contribution is -2.30. The highest BCUT2D eigenvalue weighted by Crippen LogP contribution is 2.13. The zero-order chi connectivity index (χ0) is 16.4. The van der Waals surface area contributed by atoms with Crippen molar-refractivity contribution in [1.29, 1.82) is 0 Å². The van der Waals surface area contributed by atoms with Crippen molar-refractivity contribution in [2.45, 2.75) is 32.8 Å². The second-order valence-electron chi connectivity index (χ2n) is 5.45. The molecular weight excluding hydrogens is 274 g/mol. The van der Waals surface area contributed by atoms with Gasteiger partial charge in [-0.2, -0.15) is 0 Å². The Hall–Kier alpha value is -2.00. The highest BCUT2D eigenvalue weighted by atomic mass is 16.5. The SMILES string of the molecule is C=C(/C=C\C(=C)Oc1ccccc1)NCC(O)C(C)CCC. The minimum absolute atomic E-state index is 0.283. The van der Waals surface area contributed by atoms with Crippen LogP contribution in [0.3, 0.4) is 0 Å². The maximum absolute atomic E-state index is 10.00. The molecule has 0 radical (unpaired) electrons. The Kier molecular flexibility index (Phi) is 8.08. The highest BCUT2D eigenvalue weighted by molar-refractivity contribution is 5.27. The number of hydrogen-bond donors (Lipinski definition) is 2. The fraction of sp³-hybridized carbons (Fsp3) is 0.368. The molecule has 3 heteroatoms. The van der Waals surface area contributed by atoms with Gasteiger partial charge in [0.25, 0.3) is 0 Å². The van der Waals surface area contributed by atoms with Gasteiger partial charge in [0.15, 0.2) is 0 Å². The zero-order valence-electron chi connectivity index (χ0n) is 13.6. The number of para-hydroxylation sites is 1. The monoisotopic (exact) mass is 301 g/mol. The third-order valence-corrected chi connectivity index (χ3v) is 3.40. The third kappa shape index (κ3) is 7.14. The van der Waals surface area contributed by atoms with Crippen LogP contribution in [-0.4, -0.2) is 17.8 Å². The summed E-state index contributed by atoms with van der Waals surface area (Å²) in [6, 6.07) is 9.49. The first-order valence-electron chi connectivity index (χ1n) is 7.73. The fourth-order valence-corrected chi connectivity index (χ4v) is 2.01. The molecule has 0 aliphatic carbocycles. The van der Waals surface area contributed by atoms with E-state index in [-0.39, 0.29) is 12.0 Å². The number of allylic oxidation sites excluding steroid dienone is 2. The van der Waals surface area contributed by atoms with Crippen LogP contribution >= 0.6 is 0 Å². The zero-order valence-corrected chi connectivity index (χ0v) is 13.6. The topological polar surface area (TPSA) is 41.5 Å². The van der Waals surface area contributed by atoms with Crippen LogP contribution in [0.15, 0.2) is 67.1 Å². The Balaban J connectivity index is 2.33. The Bertz CT molecular complexity index is 493. The molecule has 0 aliphatic rings.